The molecule has 3 aromatic rings. The van der Waals surface area contributed by atoms with Gasteiger partial charge in [-0.2, -0.15) is 13.2 Å². The average Bonchev–Trinajstić information content (AvgIpc) is 2.95. The zero-order valence-corrected chi connectivity index (χ0v) is 17.8. The van der Waals surface area contributed by atoms with Crippen LogP contribution in [0.4, 0.5) is 36.7 Å². The van der Waals surface area contributed by atoms with Gasteiger partial charge in [0.2, 0.25) is 11.9 Å². The van der Waals surface area contributed by atoms with E-state index >= 15 is 0 Å². The summed E-state index contributed by atoms with van der Waals surface area (Å²) in [5.74, 6) is -3.82. The van der Waals surface area contributed by atoms with Crippen molar-refractivity contribution in [1.82, 2.24) is 14.5 Å². The Balaban J connectivity index is 2.20. The number of ether oxygens (including phenoxy) is 1. The van der Waals surface area contributed by atoms with E-state index < -0.39 is 53.4 Å². The van der Waals surface area contributed by atoms with Crippen molar-refractivity contribution in [3.63, 3.8) is 0 Å². The number of aliphatic hydroxyl groups is 1. The Labute approximate surface area is 187 Å². The number of anilines is 1. The van der Waals surface area contributed by atoms with Gasteiger partial charge in [-0.15, -0.1) is 13.2 Å². The third kappa shape index (κ3) is 5.73. The molecule has 0 saturated heterocycles. The zero-order chi connectivity index (χ0) is 25.6. The summed E-state index contributed by atoms with van der Waals surface area (Å²) >= 11 is 0. The zero-order valence-electron chi connectivity index (χ0n) is 17.8. The Bertz CT molecular complexity index is 1240. The molecular formula is C20H17F7N4O3. The predicted octanol–water partition coefficient (Wildman–Crippen LogP) is 4.88. The number of nitrogens with zero attached hydrogens (tertiary/aromatic N) is 3. The second kappa shape index (κ2) is 8.42. The SMILES string of the molecule is Cc1cc2nc(NC(=O)CC(C)(C)O)n(-c3ccc(OC(F)(F)F)c(F)c3)c2nc1C(F)(F)F. The molecule has 0 spiro atoms. The van der Waals surface area contributed by atoms with E-state index in [0.717, 1.165) is 23.6 Å². The van der Waals surface area contributed by atoms with Gasteiger partial charge in [-0.05, 0) is 44.5 Å². The molecule has 14 heteroatoms. The van der Waals surface area contributed by atoms with Crippen molar-refractivity contribution in [3.05, 3.63) is 41.3 Å². The van der Waals surface area contributed by atoms with E-state index in [4.69, 9.17) is 0 Å². The first-order valence-corrected chi connectivity index (χ1v) is 9.50. The van der Waals surface area contributed by atoms with E-state index in [1.807, 2.05) is 0 Å². The summed E-state index contributed by atoms with van der Waals surface area (Å²) in [5, 5.41) is 12.1. The lowest BCUT2D eigenvalue weighted by molar-refractivity contribution is -0.275. The lowest BCUT2D eigenvalue weighted by atomic mass is 10.1. The highest BCUT2D eigenvalue weighted by Crippen LogP contribution is 2.35. The fraction of sp³-hybridized carbons (Fsp3) is 0.350. The van der Waals surface area contributed by atoms with Crippen LogP contribution in [0.3, 0.4) is 0 Å². The van der Waals surface area contributed by atoms with E-state index in [2.05, 4.69) is 20.0 Å². The molecule has 1 aromatic carbocycles. The monoisotopic (exact) mass is 494 g/mol. The predicted molar refractivity (Wildman–Crippen MR) is 105 cm³/mol. The van der Waals surface area contributed by atoms with Crippen molar-refractivity contribution < 1.29 is 45.4 Å². The molecule has 3 rings (SSSR count). The number of rotatable bonds is 5. The molecule has 0 atom stereocenters. The van der Waals surface area contributed by atoms with Crippen LogP contribution in [-0.2, 0) is 11.0 Å². The Hall–Kier alpha value is -3.42. The van der Waals surface area contributed by atoms with Crippen molar-refractivity contribution in [3.8, 4) is 11.4 Å². The molecule has 0 saturated carbocycles. The number of hydrogen-bond donors (Lipinski definition) is 2. The lowest BCUT2D eigenvalue weighted by Gasteiger charge is -2.17. The number of carbonyl (C=O) groups excluding carboxylic acids is 1. The summed E-state index contributed by atoms with van der Waals surface area (Å²) in [6, 6.07) is 3.14. The number of pyridine rings is 1. The van der Waals surface area contributed by atoms with Gasteiger partial charge in [-0.25, -0.2) is 14.4 Å². The summed E-state index contributed by atoms with van der Waals surface area (Å²) in [6.07, 6.45) is -10.5. The minimum Gasteiger partial charge on any atom is -0.403 e. The average molecular weight is 494 g/mol. The van der Waals surface area contributed by atoms with Crippen LogP contribution >= 0.6 is 0 Å². The first kappa shape index (κ1) is 25.2. The number of hydrogen-bond acceptors (Lipinski definition) is 5. The summed E-state index contributed by atoms with van der Waals surface area (Å²) in [6.45, 7) is 3.82. The van der Waals surface area contributed by atoms with Gasteiger partial charge in [0.1, 0.15) is 11.2 Å². The van der Waals surface area contributed by atoms with E-state index in [1.54, 1.807) is 0 Å². The van der Waals surface area contributed by atoms with Gasteiger partial charge in [0.15, 0.2) is 17.2 Å². The van der Waals surface area contributed by atoms with Gasteiger partial charge in [0.05, 0.1) is 17.7 Å². The Morgan fingerprint density at radius 2 is 1.76 bits per heavy atom. The highest BCUT2D eigenvalue weighted by Gasteiger charge is 2.36. The molecule has 1 amide bonds. The van der Waals surface area contributed by atoms with Crippen LogP contribution in [0.25, 0.3) is 16.9 Å². The number of amides is 1. The molecule has 7 nitrogen and oxygen atoms in total. The maximum atomic E-state index is 14.3. The van der Waals surface area contributed by atoms with Crippen molar-refractivity contribution in [2.45, 2.75) is 45.3 Å². The Morgan fingerprint density at radius 3 is 2.29 bits per heavy atom. The summed E-state index contributed by atoms with van der Waals surface area (Å²) in [7, 11) is 0. The van der Waals surface area contributed by atoms with Gasteiger partial charge in [0, 0.05) is 6.07 Å². The highest BCUT2D eigenvalue weighted by molar-refractivity contribution is 5.92. The number of halogens is 7. The van der Waals surface area contributed by atoms with E-state index in [9.17, 15) is 40.6 Å². The first-order chi connectivity index (χ1) is 15.4. The van der Waals surface area contributed by atoms with Crippen molar-refractivity contribution in [2.75, 3.05) is 5.32 Å². The van der Waals surface area contributed by atoms with Crippen LogP contribution < -0.4 is 10.1 Å². The lowest BCUT2D eigenvalue weighted by Crippen LogP contribution is -2.28. The third-order valence-electron chi connectivity index (χ3n) is 4.34. The molecule has 34 heavy (non-hydrogen) atoms. The standard InChI is InChI=1S/C20H17F7N4O3/c1-9-6-12-16(30-15(9)19(22,23)24)31(17(28-12)29-14(32)8-18(2,3)33)10-4-5-13(11(21)7-10)34-20(25,26)27/h4-7,33H,8H2,1-3H3,(H,28,29,32). The van der Waals surface area contributed by atoms with Gasteiger partial charge in [-0.1, -0.05) is 0 Å². The molecule has 0 aliphatic heterocycles. The summed E-state index contributed by atoms with van der Waals surface area (Å²) < 4.78 is 96.3. The summed E-state index contributed by atoms with van der Waals surface area (Å²) in [4.78, 5) is 19.9. The minimum atomic E-state index is -5.18. The Kier molecular flexibility index (Phi) is 6.24. The number of nitrogens with one attached hydrogen (secondary N) is 1. The van der Waals surface area contributed by atoms with Crippen molar-refractivity contribution in [1.29, 1.82) is 0 Å². The van der Waals surface area contributed by atoms with Crippen LogP contribution in [0.5, 0.6) is 5.75 Å². The number of aromatic nitrogens is 3. The van der Waals surface area contributed by atoms with Crippen LogP contribution in [0.15, 0.2) is 24.3 Å². The normalized spacial score (nSPS) is 12.8. The number of carbonyl (C=O) groups is 1. The number of aryl methyl sites for hydroxylation is 1. The molecule has 0 aliphatic carbocycles. The molecule has 0 unspecified atom stereocenters. The van der Waals surface area contributed by atoms with Crippen LogP contribution in [-0.4, -0.2) is 37.5 Å². The maximum Gasteiger partial charge on any atom is 0.573 e. The van der Waals surface area contributed by atoms with Gasteiger partial charge >= 0.3 is 12.5 Å². The minimum absolute atomic E-state index is 0.111. The molecule has 0 bridgehead atoms. The fourth-order valence-electron chi connectivity index (χ4n) is 3.11. The molecular weight excluding hydrogens is 477 g/mol. The fourth-order valence-corrected chi connectivity index (χ4v) is 3.11. The second-order valence-electron chi connectivity index (χ2n) is 7.97. The van der Waals surface area contributed by atoms with E-state index in [1.165, 1.54) is 13.8 Å². The molecule has 0 aliphatic rings. The van der Waals surface area contributed by atoms with Crippen LogP contribution in [0.1, 0.15) is 31.5 Å². The second-order valence-corrected chi connectivity index (χ2v) is 7.97. The molecule has 0 radical (unpaired) electrons. The molecule has 0 fully saturated rings. The molecule has 2 aromatic heterocycles. The van der Waals surface area contributed by atoms with Crippen molar-refractivity contribution >= 4 is 23.0 Å². The van der Waals surface area contributed by atoms with Gasteiger partial charge < -0.3 is 9.84 Å². The summed E-state index contributed by atoms with van der Waals surface area (Å²) in [5.41, 5.74) is -3.84. The van der Waals surface area contributed by atoms with Crippen molar-refractivity contribution in [2.24, 2.45) is 0 Å². The first-order valence-electron chi connectivity index (χ1n) is 9.50. The Morgan fingerprint density at radius 1 is 1.12 bits per heavy atom. The maximum absolute atomic E-state index is 14.3. The van der Waals surface area contributed by atoms with Gasteiger partial charge in [0.25, 0.3) is 0 Å². The van der Waals surface area contributed by atoms with Crippen LogP contribution in [0, 0.1) is 12.7 Å². The quantitative estimate of drug-likeness (QED) is 0.494. The largest absolute Gasteiger partial charge is 0.573 e. The number of imidazole rings is 1. The van der Waals surface area contributed by atoms with Gasteiger partial charge in [-0.3, -0.25) is 14.7 Å². The smallest absolute Gasteiger partial charge is 0.403 e. The highest BCUT2D eigenvalue weighted by atomic mass is 19.4. The van der Waals surface area contributed by atoms with E-state index in [-0.39, 0.29) is 22.7 Å². The molecule has 2 N–H and O–H groups in total. The third-order valence-corrected chi connectivity index (χ3v) is 4.34. The number of alkyl halides is 6. The number of fused-ring (bicyclic) bond motifs is 1. The molecule has 2 heterocycles. The van der Waals surface area contributed by atoms with Crippen LogP contribution in [0.2, 0.25) is 0 Å². The topological polar surface area (TPSA) is 89.3 Å². The van der Waals surface area contributed by atoms with E-state index in [0.29, 0.717) is 12.1 Å². The molecule has 184 valence electrons. The number of benzene rings is 1.